The molecule has 0 bridgehead atoms. The van der Waals surface area contributed by atoms with Crippen LogP contribution in [-0.2, 0) is 11.2 Å². The minimum absolute atomic E-state index is 0.445. The molecule has 2 rings (SSSR count). The Kier molecular flexibility index (Phi) is 5.23. The Morgan fingerprint density at radius 3 is 2.74 bits per heavy atom. The van der Waals surface area contributed by atoms with Crippen molar-refractivity contribution in [2.24, 2.45) is 5.41 Å². The Labute approximate surface area is 116 Å². The summed E-state index contributed by atoms with van der Waals surface area (Å²) in [5, 5.41) is 3.52. The lowest BCUT2D eigenvalue weighted by atomic mass is 9.65. The lowest BCUT2D eigenvalue weighted by molar-refractivity contribution is 0.123. The quantitative estimate of drug-likeness (QED) is 0.731. The summed E-state index contributed by atoms with van der Waals surface area (Å²) in [5.41, 5.74) is 1.83. The smallest absolute Gasteiger partial charge is 0.119 e. The minimum atomic E-state index is 0.445. The van der Waals surface area contributed by atoms with Gasteiger partial charge in [-0.1, -0.05) is 18.6 Å². The molecule has 0 unspecified atom stereocenters. The number of rotatable bonds is 8. The van der Waals surface area contributed by atoms with Gasteiger partial charge in [-0.15, -0.1) is 0 Å². The fraction of sp³-hybridized carbons (Fsp3) is 0.625. The highest BCUT2D eigenvalue weighted by Gasteiger charge is 2.36. The fourth-order valence-corrected chi connectivity index (χ4v) is 2.84. The summed E-state index contributed by atoms with van der Waals surface area (Å²) in [6, 6.07) is 8.46. The van der Waals surface area contributed by atoms with Gasteiger partial charge in [0.15, 0.2) is 0 Å². The Hall–Kier alpha value is -1.06. The van der Waals surface area contributed by atoms with Crippen LogP contribution in [0.3, 0.4) is 0 Å². The molecule has 3 heteroatoms. The van der Waals surface area contributed by atoms with Crippen LogP contribution in [-0.4, -0.2) is 33.9 Å². The van der Waals surface area contributed by atoms with Crippen molar-refractivity contribution in [3.05, 3.63) is 29.8 Å². The molecule has 1 aliphatic rings. The third kappa shape index (κ3) is 3.95. The van der Waals surface area contributed by atoms with Gasteiger partial charge < -0.3 is 14.8 Å². The van der Waals surface area contributed by atoms with E-state index in [2.05, 4.69) is 23.5 Å². The van der Waals surface area contributed by atoms with Gasteiger partial charge in [-0.2, -0.15) is 0 Å². The average Bonchev–Trinajstić information content (AvgIpc) is 2.40. The predicted molar refractivity (Wildman–Crippen MR) is 77.7 cm³/mol. The molecule has 1 aliphatic carbocycles. The van der Waals surface area contributed by atoms with Gasteiger partial charge in [-0.3, -0.25) is 0 Å². The third-order valence-electron chi connectivity index (χ3n) is 4.11. The molecule has 1 aromatic carbocycles. The van der Waals surface area contributed by atoms with Gasteiger partial charge in [0.2, 0.25) is 0 Å². The first-order valence-electron chi connectivity index (χ1n) is 7.11. The minimum Gasteiger partial charge on any atom is -0.497 e. The van der Waals surface area contributed by atoms with Crippen LogP contribution >= 0.6 is 0 Å². The predicted octanol–water partition coefficient (Wildman–Crippen LogP) is 2.64. The molecular formula is C16H25NO2. The SMILES string of the molecule is COCCNCC1(Cc2cccc(OC)c2)CCC1. The molecule has 0 aromatic heterocycles. The lowest BCUT2D eigenvalue weighted by Gasteiger charge is -2.42. The Balaban J connectivity index is 1.90. The summed E-state index contributed by atoms with van der Waals surface area (Å²) in [6.07, 6.45) is 5.15. The molecular weight excluding hydrogens is 238 g/mol. The molecule has 19 heavy (non-hydrogen) atoms. The molecule has 1 saturated carbocycles. The van der Waals surface area contributed by atoms with Crippen LogP contribution in [0.4, 0.5) is 0 Å². The van der Waals surface area contributed by atoms with Crippen molar-refractivity contribution in [1.82, 2.24) is 5.32 Å². The van der Waals surface area contributed by atoms with Crippen molar-refractivity contribution in [2.75, 3.05) is 33.9 Å². The monoisotopic (exact) mass is 263 g/mol. The van der Waals surface area contributed by atoms with Crippen LogP contribution in [0.25, 0.3) is 0 Å². The van der Waals surface area contributed by atoms with Crippen molar-refractivity contribution in [3.63, 3.8) is 0 Å². The number of hydrogen-bond acceptors (Lipinski definition) is 3. The van der Waals surface area contributed by atoms with Crippen LogP contribution in [0.1, 0.15) is 24.8 Å². The van der Waals surface area contributed by atoms with E-state index in [0.717, 1.165) is 31.9 Å². The Morgan fingerprint density at radius 1 is 1.26 bits per heavy atom. The summed E-state index contributed by atoms with van der Waals surface area (Å²) < 4.78 is 10.4. The van der Waals surface area contributed by atoms with E-state index in [-0.39, 0.29) is 0 Å². The van der Waals surface area contributed by atoms with Gasteiger partial charge in [0.1, 0.15) is 5.75 Å². The standard InChI is InChI=1S/C16H25NO2/c1-18-10-9-17-13-16(7-4-8-16)12-14-5-3-6-15(11-14)19-2/h3,5-6,11,17H,4,7-10,12-13H2,1-2H3. The highest BCUT2D eigenvalue weighted by atomic mass is 16.5. The Morgan fingerprint density at radius 2 is 2.11 bits per heavy atom. The second-order valence-electron chi connectivity index (χ2n) is 5.55. The zero-order chi connectivity index (χ0) is 13.6. The van der Waals surface area contributed by atoms with E-state index < -0.39 is 0 Å². The van der Waals surface area contributed by atoms with Crippen molar-refractivity contribution < 1.29 is 9.47 Å². The van der Waals surface area contributed by atoms with E-state index in [1.807, 2.05) is 6.07 Å². The molecule has 1 fully saturated rings. The zero-order valence-corrected chi connectivity index (χ0v) is 12.1. The number of methoxy groups -OCH3 is 2. The summed E-state index contributed by atoms with van der Waals surface area (Å²) in [7, 11) is 3.47. The second kappa shape index (κ2) is 6.92. The largest absolute Gasteiger partial charge is 0.497 e. The molecule has 3 nitrogen and oxygen atoms in total. The van der Waals surface area contributed by atoms with E-state index in [1.165, 1.54) is 24.8 Å². The first-order valence-corrected chi connectivity index (χ1v) is 7.11. The molecule has 0 heterocycles. The molecule has 0 radical (unpaired) electrons. The van der Waals surface area contributed by atoms with Gasteiger partial charge in [0, 0.05) is 20.2 Å². The number of nitrogens with one attached hydrogen (secondary N) is 1. The van der Waals surface area contributed by atoms with Crippen LogP contribution in [0.5, 0.6) is 5.75 Å². The molecule has 1 N–H and O–H groups in total. The van der Waals surface area contributed by atoms with E-state index >= 15 is 0 Å². The van der Waals surface area contributed by atoms with E-state index in [4.69, 9.17) is 9.47 Å². The van der Waals surface area contributed by atoms with Crippen molar-refractivity contribution in [2.45, 2.75) is 25.7 Å². The molecule has 0 aliphatic heterocycles. The molecule has 0 saturated heterocycles. The maximum atomic E-state index is 5.30. The van der Waals surface area contributed by atoms with Crippen molar-refractivity contribution in [3.8, 4) is 5.75 Å². The summed E-state index contributed by atoms with van der Waals surface area (Å²) in [4.78, 5) is 0. The van der Waals surface area contributed by atoms with Crippen LogP contribution in [0, 0.1) is 5.41 Å². The zero-order valence-electron chi connectivity index (χ0n) is 12.1. The third-order valence-corrected chi connectivity index (χ3v) is 4.11. The summed E-state index contributed by atoms with van der Waals surface area (Å²) in [5.74, 6) is 0.958. The van der Waals surface area contributed by atoms with Crippen LogP contribution in [0.2, 0.25) is 0 Å². The van der Waals surface area contributed by atoms with Crippen molar-refractivity contribution >= 4 is 0 Å². The van der Waals surface area contributed by atoms with Crippen LogP contribution in [0.15, 0.2) is 24.3 Å². The normalized spacial score (nSPS) is 16.9. The maximum absolute atomic E-state index is 5.30. The Bertz CT molecular complexity index is 388. The molecule has 1 aromatic rings. The highest BCUT2D eigenvalue weighted by Crippen LogP contribution is 2.43. The lowest BCUT2D eigenvalue weighted by Crippen LogP contribution is -2.42. The average molecular weight is 263 g/mol. The van der Waals surface area contributed by atoms with Gasteiger partial charge in [-0.05, 0) is 42.4 Å². The van der Waals surface area contributed by atoms with Gasteiger partial charge >= 0.3 is 0 Å². The summed E-state index contributed by atoms with van der Waals surface area (Å²) in [6.45, 7) is 2.82. The highest BCUT2D eigenvalue weighted by molar-refractivity contribution is 5.29. The van der Waals surface area contributed by atoms with E-state index in [9.17, 15) is 0 Å². The maximum Gasteiger partial charge on any atom is 0.119 e. The topological polar surface area (TPSA) is 30.5 Å². The number of ether oxygens (including phenoxy) is 2. The first-order chi connectivity index (χ1) is 9.28. The van der Waals surface area contributed by atoms with Crippen LogP contribution < -0.4 is 10.1 Å². The summed E-state index contributed by atoms with van der Waals surface area (Å²) >= 11 is 0. The molecule has 0 amide bonds. The first kappa shape index (κ1) is 14.4. The fourth-order valence-electron chi connectivity index (χ4n) is 2.84. The van der Waals surface area contributed by atoms with Gasteiger partial charge in [0.25, 0.3) is 0 Å². The van der Waals surface area contributed by atoms with Gasteiger partial charge in [0.05, 0.1) is 13.7 Å². The number of hydrogen-bond donors (Lipinski definition) is 1. The van der Waals surface area contributed by atoms with E-state index in [0.29, 0.717) is 5.41 Å². The van der Waals surface area contributed by atoms with Gasteiger partial charge in [-0.25, -0.2) is 0 Å². The number of benzene rings is 1. The molecule has 106 valence electrons. The second-order valence-corrected chi connectivity index (χ2v) is 5.55. The van der Waals surface area contributed by atoms with Crippen molar-refractivity contribution in [1.29, 1.82) is 0 Å². The van der Waals surface area contributed by atoms with E-state index in [1.54, 1.807) is 14.2 Å². The molecule has 0 spiro atoms. The molecule has 0 atom stereocenters.